The smallest absolute Gasteiger partial charge is 0.251 e. The molecule has 1 aromatic carbocycles. The molecule has 0 aliphatic carbocycles. The van der Waals surface area contributed by atoms with Gasteiger partial charge in [0.1, 0.15) is 6.33 Å². The summed E-state index contributed by atoms with van der Waals surface area (Å²) in [6.07, 6.45) is 3.81. The predicted molar refractivity (Wildman–Crippen MR) is 74.7 cm³/mol. The molecular formula is C14H17N5O2. The van der Waals surface area contributed by atoms with E-state index in [-0.39, 0.29) is 12.0 Å². The van der Waals surface area contributed by atoms with Crippen molar-refractivity contribution in [2.75, 3.05) is 13.2 Å². The first-order chi connectivity index (χ1) is 10.3. The number of amides is 1. The summed E-state index contributed by atoms with van der Waals surface area (Å²) in [6.45, 7) is 1.96. The number of aromatic nitrogens is 4. The van der Waals surface area contributed by atoms with Crippen molar-refractivity contribution in [3.8, 4) is 0 Å². The van der Waals surface area contributed by atoms with E-state index in [4.69, 9.17) is 4.74 Å². The molecule has 1 saturated heterocycles. The minimum Gasteiger partial charge on any atom is -0.376 e. The van der Waals surface area contributed by atoms with Crippen LogP contribution in [0.5, 0.6) is 0 Å². The van der Waals surface area contributed by atoms with E-state index in [1.165, 1.54) is 0 Å². The zero-order chi connectivity index (χ0) is 14.5. The van der Waals surface area contributed by atoms with Gasteiger partial charge in [-0.3, -0.25) is 4.79 Å². The van der Waals surface area contributed by atoms with Crippen LogP contribution in [-0.4, -0.2) is 45.4 Å². The summed E-state index contributed by atoms with van der Waals surface area (Å²) in [4.78, 5) is 12.0. The van der Waals surface area contributed by atoms with Gasteiger partial charge >= 0.3 is 0 Å². The molecule has 3 rings (SSSR count). The van der Waals surface area contributed by atoms with Crippen LogP contribution < -0.4 is 5.32 Å². The Bertz CT molecular complexity index is 576. The standard InChI is InChI=1S/C14H17N5O2/c20-14(15-8-13-2-1-7-21-13)12-5-3-11(4-6-12)9-19-10-16-17-18-19/h3-6,10,13H,1-2,7-9H2,(H,15,20). The summed E-state index contributed by atoms with van der Waals surface area (Å²) in [5, 5.41) is 13.9. The number of tetrazole rings is 1. The predicted octanol–water partition coefficient (Wildman–Crippen LogP) is 0.630. The molecule has 1 atom stereocenters. The fraction of sp³-hybridized carbons (Fsp3) is 0.429. The zero-order valence-electron chi connectivity index (χ0n) is 11.6. The Morgan fingerprint density at radius 1 is 1.38 bits per heavy atom. The van der Waals surface area contributed by atoms with Crippen molar-refractivity contribution >= 4 is 5.91 Å². The zero-order valence-corrected chi connectivity index (χ0v) is 11.6. The van der Waals surface area contributed by atoms with Crippen molar-refractivity contribution in [1.29, 1.82) is 0 Å². The number of benzene rings is 1. The lowest BCUT2D eigenvalue weighted by Crippen LogP contribution is -2.31. The molecular weight excluding hydrogens is 270 g/mol. The summed E-state index contributed by atoms with van der Waals surface area (Å²) in [5.41, 5.74) is 1.69. The fourth-order valence-electron chi connectivity index (χ4n) is 2.32. The summed E-state index contributed by atoms with van der Waals surface area (Å²) in [5.74, 6) is -0.0699. The molecule has 1 amide bonds. The van der Waals surface area contributed by atoms with E-state index in [1.807, 2.05) is 24.3 Å². The highest BCUT2D eigenvalue weighted by atomic mass is 16.5. The Morgan fingerprint density at radius 2 is 2.24 bits per heavy atom. The Morgan fingerprint density at radius 3 is 2.90 bits per heavy atom. The number of rotatable bonds is 5. The number of carbonyl (C=O) groups excluding carboxylic acids is 1. The Labute approximate surface area is 122 Å². The highest BCUT2D eigenvalue weighted by molar-refractivity contribution is 5.94. The molecule has 2 heterocycles. The van der Waals surface area contributed by atoms with E-state index in [1.54, 1.807) is 11.0 Å². The van der Waals surface area contributed by atoms with Gasteiger partial charge in [-0.05, 0) is 41.0 Å². The average molecular weight is 287 g/mol. The van der Waals surface area contributed by atoms with Crippen molar-refractivity contribution < 1.29 is 9.53 Å². The van der Waals surface area contributed by atoms with Gasteiger partial charge in [0, 0.05) is 18.7 Å². The van der Waals surface area contributed by atoms with Crippen LogP contribution in [-0.2, 0) is 11.3 Å². The van der Waals surface area contributed by atoms with Crippen LogP contribution in [0.3, 0.4) is 0 Å². The Kier molecular flexibility index (Phi) is 4.20. The number of carbonyl (C=O) groups is 1. The van der Waals surface area contributed by atoms with Gasteiger partial charge < -0.3 is 10.1 Å². The van der Waals surface area contributed by atoms with Crippen LogP contribution in [0.15, 0.2) is 30.6 Å². The Balaban J connectivity index is 1.54. The van der Waals surface area contributed by atoms with Crippen LogP contribution in [0.1, 0.15) is 28.8 Å². The Hall–Kier alpha value is -2.28. The third kappa shape index (κ3) is 3.63. The molecule has 7 heteroatoms. The lowest BCUT2D eigenvalue weighted by atomic mass is 10.1. The average Bonchev–Trinajstić information content (AvgIpc) is 3.19. The van der Waals surface area contributed by atoms with Crippen molar-refractivity contribution in [2.24, 2.45) is 0 Å². The van der Waals surface area contributed by atoms with E-state index in [9.17, 15) is 4.79 Å². The summed E-state index contributed by atoms with van der Waals surface area (Å²) in [7, 11) is 0. The van der Waals surface area contributed by atoms with Crippen LogP contribution in [0.4, 0.5) is 0 Å². The molecule has 110 valence electrons. The van der Waals surface area contributed by atoms with E-state index in [2.05, 4.69) is 20.8 Å². The second-order valence-corrected chi connectivity index (χ2v) is 5.05. The van der Waals surface area contributed by atoms with E-state index < -0.39 is 0 Å². The summed E-state index contributed by atoms with van der Waals surface area (Å²) in [6, 6.07) is 7.43. The first-order valence-electron chi connectivity index (χ1n) is 7.01. The van der Waals surface area contributed by atoms with Gasteiger partial charge in [-0.1, -0.05) is 12.1 Å². The molecule has 1 aromatic heterocycles. The largest absolute Gasteiger partial charge is 0.376 e. The maximum absolute atomic E-state index is 12.0. The van der Waals surface area contributed by atoms with Crippen molar-refractivity contribution in [3.05, 3.63) is 41.7 Å². The topological polar surface area (TPSA) is 81.9 Å². The third-order valence-corrected chi connectivity index (χ3v) is 3.47. The third-order valence-electron chi connectivity index (χ3n) is 3.47. The van der Waals surface area contributed by atoms with Crippen LogP contribution in [0, 0.1) is 0 Å². The first-order valence-corrected chi connectivity index (χ1v) is 7.01. The molecule has 0 radical (unpaired) electrons. The molecule has 2 aromatic rings. The van der Waals surface area contributed by atoms with Crippen LogP contribution in [0.2, 0.25) is 0 Å². The maximum atomic E-state index is 12.0. The molecule has 1 N–H and O–H groups in total. The molecule has 1 unspecified atom stereocenters. The number of nitrogens with zero attached hydrogens (tertiary/aromatic N) is 4. The number of nitrogens with one attached hydrogen (secondary N) is 1. The molecule has 0 saturated carbocycles. The second kappa shape index (κ2) is 6.45. The minimum atomic E-state index is -0.0699. The number of ether oxygens (including phenoxy) is 1. The van der Waals surface area contributed by atoms with Crippen molar-refractivity contribution in [3.63, 3.8) is 0 Å². The lowest BCUT2D eigenvalue weighted by Gasteiger charge is -2.11. The molecule has 1 fully saturated rings. The summed E-state index contributed by atoms with van der Waals surface area (Å²) >= 11 is 0. The van der Waals surface area contributed by atoms with Gasteiger partial charge in [-0.15, -0.1) is 5.10 Å². The van der Waals surface area contributed by atoms with Gasteiger partial charge in [0.05, 0.1) is 12.6 Å². The minimum absolute atomic E-state index is 0.0699. The van der Waals surface area contributed by atoms with Gasteiger partial charge in [-0.25, -0.2) is 4.68 Å². The monoisotopic (exact) mass is 287 g/mol. The van der Waals surface area contributed by atoms with Gasteiger partial charge in [0.15, 0.2) is 0 Å². The summed E-state index contributed by atoms with van der Waals surface area (Å²) < 4.78 is 7.11. The lowest BCUT2D eigenvalue weighted by molar-refractivity contribution is 0.0858. The number of hydrogen-bond acceptors (Lipinski definition) is 5. The van der Waals surface area contributed by atoms with E-state index in [0.29, 0.717) is 18.7 Å². The first kappa shape index (κ1) is 13.7. The van der Waals surface area contributed by atoms with Gasteiger partial charge in [-0.2, -0.15) is 0 Å². The SMILES string of the molecule is O=C(NCC1CCCO1)c1ccc(Cn2cnnn2)cc1. The van der Waals surface area contributed by atoms with E-state index >= 15 is 0 Å². The fourth-order valence-corrected chi connectivity index (χ4v) is 2.32. The van der Waals surface area contributed by atoms with Gasteiger partial charge in [0.25, 0.3) is 5.91 Å². The van der Waals surface area contributed by atoms with Crippen molar-refractivity contribution in [2.45, 2.75) is 25.5 Å². The van der Waals surface area contributed by atoms with Crippen molar-refractivity contribution in [1.82, 2.24) is 25.5 Å². The highest BCUT2D eigenvalue weighted by Gasteiger charge is 2.16. The molecule has 0 spiro atoms. The molecule has 21 heavy (non-hydrogen) atoms. The van der Waals surface area contributed by atoms with Crippen LogP contribution in [0.25, 0.3) is 0 Å². The molecule has 7 nitrogen and oxygen atoms in total. The second-order valence-electron chi connectivity index (χ2n) is 5.05. The van der Waals surface area contributed by atoms with Gasteiger partial charge in [0.2, 0.25) is 0 Å². The molecule has 1 aliphatic rings. The number of hydrogen-bond donors (Lipinski definition) is 1. The highest BCUT2D eigenvalue weighted by Crippen LogP contribution is 2.11. The van der Waals surface area contributed by atoms with Crippen LogP contribution >= 0.6 is 0 Å². The molecule has 0 bridgehead atoms. The normalized spacial score (nSPS) is 17.8. The quantitative estimate of drug-likeness (QED) is 0.872. The maximum Gasteiger partial charge on any atom is 0.251 e. The molecule has 1 aliphatic heterocycles. The van der Waals surface area contributed by atoms with E-state index in [0.717, 1.165) is 25.0 Å².